The molecule has 1 aliphatic rings. The van der Waals surface area contributed by atoms with Crippen LogP contribution in [-0.2, 0) is 24.4 Å². The number of methoxy groups -OCH3 is 1. The third-order valence-corrected chi connectivity index (χ3v) is 3.70. The van der Waals surface area contributed by atoms with E-state index in [1.807, 2.05) is 12.1 Å². The van der Waals surface area contributed by atoms with E-state index >= 15 is 0 Å². The Morgan fingerprint density at radius 1 is 1.42 bits per heavy atom. The van der Waals surface area contributed by atoms with Gasteiger partial charge in [-0.1, -0.05) is 18.2 Å². The van der Waals surface area contributed by atoms with Gasteiger partial charge in [0.25, 0.3) is 0 Å². The average Bonchev–Trinajstić information content (AvgIpc) is 2.74. The van der Waals surface area contributed by atoms with Crippen LogP contribution in [0.15, 0.2) is 24.3 Å². The number of nitrogens with zero attached hydrogens (tertiary/aromatic N) is 2. The maximum atomic E-state index is 11.1. The van der Waals surface area contributed by atoms with Crippen LogP contribution in [-0.4, -0.2) is 34.3 Å². The van der Waals surface area contributed by atoms with Crippen molar-refractivity contribution in [1.82, 2.24) is 9.47 Å². The number of carboxylic acid groups (broad SMARTS) is 1. The number of benzene rings is 1. The Labute approximate surface area is 111 Å². The quantitative estimate of drug-likeness (QED) is 0.901. The number of amides is 1. The Morgan fingerprint density at radius 3 is 2.95 bits per heavy atom. The maximum absolute atomic E-state index is 11.1. The molecule has 2 aromatic rings. The van der Waals surface area contributed by atoms with Crippen LogP contribution in [0.3, 0.4) is 0 Å². The van der Waals surface area contributed by atoms with Gasteiger partial charge in [0.2, 0.25) is 0 Å². The summed E-state index contributed by atoms with van der Waals surface area (Å²) in [5, 5.41) is 10.4. The van der Waals surface area contributed by atoms with Gasteiger partial charge in [0.15, 0.2) is 0 Å². The zero-order valence-electron chi connectivity index (χ0n) is 10.8. The summed E-state index contributed by atoms with van der Waals surface area (Å²) in [6.45, 7) is 1.44. The van der Waals surface area contributed by atoms with E-state index in [-0.39, 0.29) is 0 Å². The van der Waals surface area contributed by atoms with E-state index in [0.29, 0.717) is 19.8 Å². The Bertz CT molecular complexity index is 633. The second-order valence-electron chi connectivity index (χ2n) is 4.74. The standard InChI is InChI=1S/C14H16N2O3/c1-19-9-16-12-5-3-2-4-10(12)11-6-7-15(14(17)18)8-13(11)16/h2-5H,6-9H2,1H3,(H,17,18). The van der Waals surface area contributed by atoms with Crippen LogP contribution in [0.5, 0.6) is 0 Å². The molecule has 0 saturated carbocycles. The Kier molecular flexibility index (Phi) is 2.91. The van der Waals surface area contributed by atoms with Gasteiger partial charge in [-0.05, 0) is 18.1 Å². The SMILES string of the molecule is COCn1c2c(c3ccccc31)CCN(C(=O)O)C2. The van der Waals surface area contributed by atoms with E-state index in [4.69, 9.17) is 9.84 Å². The third kappa shape index (κ3) is 1.86. The first kappa shape index (κ1) is 12.0. The van der Waals surface area contributed by atoms with Gasteiger partial charge in [-0.25, -0.2) is 4.79 Å². The normalized spacial score (nSPS) is 14.7. The summed E-state index contributed by atoms with van der Waals surface area (Å²) in [5.74, 6) is 0. The van der Waals surface area contributed by atoms with Crippen molar-refractivity contribution in [2.75, 3.05) is 13.7 Å². The summed E-state index contributed by atoms with van der Waals surface area (Å²) in [5.41, 5.74) is 3.42. The van der Waals surface area contributed by atoms with Gasteiger partial charge in [0, 0.05) is 24.7 Å². The molecule has 1 aromatic carbocycles. The highest BCUT2D eigenvalue weighted by Gasteiger charge is 2.25. The van der Waals surface area contributed by atoms with Crippen molar-refractivity contribution in [1.29, 1.82) is 0 Å². The molecule has 1 aliphatic heterocycles. The fourth-order valence-corrected chi connectivity index (χ4v) is 2.83. The predicted octanol–water partition coefficient (Wildman–Crippen LogP) is 2.28. The van der Waals surface area contributed by atoms with Crippen LogP contribution in [0.25, 0.3) is 10.9 Å². The summed E-state index contributed by atoms with van der Waals surface area (Å²) < 4.78 is 7.32. The molecule has 0 aliphatic carbocycles. The van der Waals surface area contributed by atoms with Crippen molar-refractivity contribution in [3.8, 4) is 0 Å². The summed E-state index contributed by atoms with van der Waals surface area (Å²) in [6.07, 6.45) is -0.0985. The van der Waals surface area contributed by atoms with E-state index in [1.165, 1.54) is 15.8 Å². The first-order valence-electron chi connectivity index (χ1n) is 6.28. The van der Waals surface area contributed by atoms with E-state index in [2.05, 4.69) is 16.7 Å². The number of carbonyl (C=O) groups is 1. The van der Waals surface area contributed by atoms with Gasteiger partial charge >= 0.3 is 6.09 Å². The van der Waals surface area contributed by atoms with Crippen LogP contribution in [0.2, 0.25) is 0 Å². The number of para-hydroxylation sites is 1. The number of hydrogen-bond donors (Lipinski definition) is 1. The molecule has 1 N–H and O–H groups in total. The summed E-state index contributed by atoms with van der Waals surface area (Å²) in [7, 11) is 1.65. The molecule has 5 heteroatoms. The highest BCUT2D eigenvalue weighted by Crippen LogP contribution is 2.30. The average molecular weight is 260 g/mol. The number of rotatable bonds is 2. The molecule has 1 aromatic heterocycles. The predicted molar refractivity (Wildman–Crippen MR) is 71.1 cm³/mol. The Morgan fingerprint density at radius 2 is 2.21 bits per heavy atom. The molecule has 0 radical (unpaired) electrons. The van der Waals surface area contributed by atoms with Gasteiger partial charge in [0.1, 0.15) is 6.73 Å². The summed E-state index contributed by atoms with van der Waals surface area (Å²) in [6, 6.07) is 8.16. The lowest BCUT2D eigenvalue weighted by Crippen LogP contribution is -2.35. The van der Waals surface area contributed by atoms with Crippen molar-refractivity contribution in [2.45, 2.75) is 19.7 Å². The van der Waals surface area contributed by atoms with Crippen molar-refractivity contribution in [2.24, 2.45) is 0 Å². The van der Waals surface area contributed by atoms with Crippen molar-refractivity contribution in [3.05, 3.63) is 35.5 Å². The minimum atomic E-state index is -0.861. The molecule has 19 heavy (non-hydrogen) atoms. The second kappa shape index (κ2) is 4.59. The molecule has 1 amide bonds. The molecular formula is C14H16N2O3. The van der Waals surface area contributed by atoms with Crippen molar-refractivity contribution < 1.29 is 14.6 Å². The van der Waals surface area contributed by atoms with Crippen LogP contribution in [0, 0.1) is 0 Å². The smallest absolute Gasteiger partial charge is 0.407 e. The number of hydrogen-bond acceptors (Lipinski definition) is 2. The van der Waals surface area contributed by atoms with E-state index in [1.54, 1.807) is 7.11 Å². The highest BCUT2D eigenvalue weighted by atomic mass is 16.5. The molecule has 3 rings (SSSR count). The first-order chi connectivity index (χ1) is 9.22. The largest absolute Gasteiger partial charge is 0.465 e. The van der Waals surface area contributed by atoms with Crippen LogP contribution in [0.1, 0.15) is 11.3 Å². The molecule has 0 unspecified atom stereocenters. The lowest BCUT2D eigenvalue weighted by atomic mass is 10.0. The molecule has 0 saturated heterocycles. The lowest BCUT2D eigenvalue weighted by molar-refractivity contribution is 0.120. The summed E-state index contributed by atoms with van der Waals surface area (Å²) in [4.78, 5) is 12.6. The zero-order valence-corrected chi connectivity index (χ0v) is 10.8. The van der Waals surface area contributed by atoms with Crippen molar-refractivity contribution in [3.63, 3.8) is 0 Å². The molecule has 0 fully saturated rings. The topological polar surface area (TPSA) is 54.7 Å². The molecule has 0 atom stereocenters. The fraction of sp³-hybridized carbons (Fsp3) is 0.357. The molecule has 2 heterocycles. The summed E-state index contributed by atoms with van der Waals surface area (Å²) >= 11 is 0. The van der Waals surface area contributed by atoms with E-state index < -0.39 is 6.09 Å². The zero-order chi connectivity index (χ0) is 13.4. The fourth-order valence-electron chi connectivity index (χ4n) is 2.83. The minimum absolute atomic E-state index is 0.433. The highest BCUT2D eigenvalue weighted by molar-refractivity contribution is 5.86. The van der Waals surface area contributed by atoms with Crippen LogP contribution in [0.4, 0.5) is 4.79 Å². The maximum Gasteiger partial charge on any atom is 0.407 e. The first-order valence-corrected chi connectivity index (χ1v) is 6.28. The van der Waals surface area contributed by atoms with Gasteiger partial charge in [-0.2, -0.15) is 0 Å². The Balaban J connectivity index is 2.16. The molecule has 0 bridgehead atoms. The van der Waals surface area contributed by atoms with Crippen molar-refractivity contribution >= 4 is 17.0 Å². The van der Waals surface area contributed by atoms with Gasteiger partial charge in [0.05, 0.1) is 12.1 Å². The molecule has 100 valence electrons. The Hall–Kier alpha value is -2.01. The molecular weight excluding hydrogens is 244 g/mol. The number of aromatic nitrogens is 1. The van der Waals surface area contributed by atoms with Crippen LogP contribution >= 0.6 is 0 Å². The molecule has 0 spiro atoms. The minimum Gasteiger partial charge on any atom is -0.465 e. The number of fused-ring (bicyclic) bond motifs is 3. The van der Waals surface area contributed by atoms with Gasteiger partial charge in [-0.15, -0.1) is 0 Å². The van der Waals surface area contributed by atoms with Gasteiger partial charge < -0.3 is 19.3 Å². The van der Waals surface area contributed by atoms with Crippen LogP contribution < -0.4 is 0 Å². The van der Waals surface area contributed by atoms with E-state index in [9.17, 15) is 4.79 Å². The van der Waals surface area contributed by atoms with Gasteiger partial charge in [-0.3, -0.25) is 0 Å². The monoisotopic (exact) mass is 260 g/mol. The lowest BCUT2D eigenvalue weighted by Gasteiger charge is -2.25. The second-order valence-corrected chi connectivity index (χ2v) is 4.74. The number of ether oxygens (including phenoxy) is 1. The third-order valence-electron chi connectivity index (χ3n) is 3.70. The van der Waals surface area contributed by atoms with E-state index in [0.717, 1.165) is 17.6 Å². The molecule has 5 nitrogen and oxygen atoms in total.